The average molecular weight is 363 g/mol. The van der Waals surface area contributed by atoms with Crippen molar-refractivity contribution in [3.63, 3.8) is 0 Å². The molecule has 1 aromatic carbocycles. The van der Waals surface area contributed by atoms with Crippen LogP contribution in [-0.4, -0.2) is 32.9 Å². The molecule has 1 heterocycles. The number of benzene rings is 1. The molecule has 0 unspecified atom stereocenters. The van der Waals surface area contributed by atoms with E-state index in [-0.39, 0.29) is 24.8 Å². The number of anilines is 1. The molecule has 2 aromatic rings. The van der Waals surface area contributed by atoms with E-state index in [4.69, 9.17) is 5.11 Å². The molecule has 132 valence electrons. The Balaban J connectivity index is 1.71. The summed E-state index contributed by atoms with van der Waals surface area (Å²) in [5, 5.41) is 12.3. The molecule has 0 bridgehead atoms. The number of carbonyl (C=O) groups is 1. The van der Waals surface area contributed by atoms with E-state index in [1.165, 1.54) is 34.5 Å². The zero-order chi connectivity index (χ0) is 17.8. The number of halogens is 1. The third kappa shape index (κ3) is 4.08. The van der Waals surface area contributed by atoms with Crippen molar-refractivity contribution in [1.29, 1.82) is 0 Å². The first-order chi connectivity index (χ1) is 12.1. The molecule has 8 heteroatoms. The Morgan fingerprint density at radius 1 is 1.40 bits per heavy atom. The Morgan fingerprint density at radius 2 is 2.24 bits per heavy atom. The summed E-state index contributed by atoms with van der Waals surface area (Å²) in [5.74, 6) is -0.625. The highest BCUT2D eigenvalue weighted by Gasteiger charge is 2.22. The largest absolute Gasteiger partial charge is 0.395 e. The maximum atomic E-state index is 13.1. The highest BCUT2D eigenvalue weighted by molar-refractivity contribution is 8.00. The number of carbonyl (C=O) groups excluding carboxylic acids is 1. The van der Waals surface area contributed by atoms with Crippen molar-refractivity contribution in [3.05, 3.63) is 51.8 Å². The molecule has 0 spiro atoms. The Hall–Kier alpha value is -2.19. The van der Waals surface area contributed by atoms with Crippen LogP contribution in [0.4, 0.5) is 10.1 Å². The molecule has 1 aliphatic rings. The fourth-order valence-electron chi connectivity index (χ4n) is 2.93. The number of rotatable bonds is 6. The van der Waals surface area contributed by atoms with E-state index in [1.54, 1.807) is 6.07 Å². The number of hydrogen-bond donors (Lipinski definition) is 2. The normalized spacial score (nSPS) is 12.9. The standard InChI is InChI=1S/C17H18FN3O3S/c18-11-3-1-4-12(9-11)19-15(23)10-25-16-13-5-2-6-14(13)21(7-8-22)17(24)20-16/h1,3-4,9,22H,2,5-8,10H2,(H,19,23). The highest BCUT2D eigenvalue weighted by Crippen LogP contribution is 2.29. The summed E-state index contributed by atoms with van der Waals surface area (Å²) in [7, 11) is 0. The quantitative estimate of drug-likeness (QED) is 0.602. The van der Waals surface area contributed by atoms with Crippen molar-refractivity contribution in [2.75, 3.05) is 17.7 Å². The van der Waals surface area contributed by atoms with E-state index in [0.29, 0.717) is 10.7 Å². The number of hydrogen-bond acceptors (Lipinski definition) is 5. The van der Waals surface area contributed by atoms with Crippen LogP contribution < -0.4 is 11.0 Å². The minimum atomic E-state index is -0.419. The predicted molar refractivity (Wildman–Crippen MR) is 93.4 cm³/mol. The number of fused-ring (bicyclic) bond motifs is 1. The summed E-state index contributed by atoms with van der Waals surface area (Å²) < 4.78 is 14.7. The van der Waals surface area contributed by atoms with Crippen LogP contribution in [0.5, 0.6) is 0 Å². The third-order valence-electron chi connectivity index (χ3n) is 3.97. The van der Waals surface area contributed by atoms with Gasteiger partial charge < -0.3 is 10.4 Å². The molecular formula is C17H18FN3O3S. The molecule has 1 aliphatic carbocycles. The number of nitrogens with zero attached hydrogens (tertiary/aromatic N) is 2. The Bertz CT molecular complexity index is 854. The molecule has 6 nitrogen and oxygen atoms in total. The number of aliphatic hydroxyl groups is 1. The van der Waals surface area contributed by atoms with Gasteiger partial charge in [0, 0.05) is 16.9 Å². The fourth-order valence-corrected chi connectivity index (χ4v) is 3.81. The second-order valence-electron chi connectivity index (χ2n) is 5.70. The van der Waals surface area contributed by atoms with E-state index < -0.39 is 11.5 Å². The number of aromatic nitrogens is 2. The van der Waals surface area contributed by atoms with Crippen molar-refractivity contribution in [2.45, 2.75) is 30.8 Å². The van der Waals surface area contributed by atoms with Crippen LogP contribution in [0.1, 0.15) is 17.7 Å². The van der Waals surface area contributed by atoms with E-state index in [0.717, 1.165) is 30.5 Å². The van der Waals surface area contributed by atoms with Crippen LogP contribution in [-0.2, 0) is 24.2 Å². The summed E-state index contributed by atoms with van der Waals surface area (Å²) in [6.07, 6.45) is 2.51. The summed E-state index contributed by atoms with van der Waals surface area (Å²) in [6, 6.07) is 5.68. The monoisotopic (exact) mass is 363 g/mol. The van der Waals surface area contributed by atoms with Gasteiger partial charge in [0.1, 0.15) is 10.8 Å². The lowest BCUT2D eigenvalue weighted by atomic mass is 10.2. The maximum absolute atomic E-state index is 13.1. The minimum Gasteiger partial charge on any atom is -0.395 e. The zero-order valence-corrected chi connectivity index (χ0v) is 14.3. The second kappa shape index (κ2) is 7.79. The van der Waals surface area contributed by atoms with Gasteiger partial charge in [-0.1, -0.05) is 17.8 Å². The van der Waals surface area contributed by atoms with Gasteiger partial charge in [-0.05, 0) is 37.5 Å². The van der Waals surface area contributed by atoms with Gasteiger partial charge in [-0.25, -0.2) is 9.18 Å². The van der Waals surface area contributed by atoms with Gasteiger partial charge in [0.05, 0.1) is 18.9 Å². The summed E-state index contributed by atoms with van der Waals surface area (Å²) in [6.45, 7) is 0.121. The second-order valence-corrected chi connectivity index (χ2v) is 6.66. The van der Waals surface area contributed by atoms with Crippen LogP contribution >= 0.6 is 11.8 Å². The van der Waals surface area contributed by atoms with Crippen LogP contribution in [0, 0.1) is 5.82 Å². The lowest BCUT2D eigenvalue weighted by Gasteiger charge is -2.13. The molecule has 25 heavy (non-hydrogen) atoms. The number of aliphatic hydroxyl groups excluding tert-OH is 1. The highest BCUT2D eigenvalue weighted by atomic mass is 32.2. The lowest BCUT2D eigenvalue weighted by molar-refractivity contribution is -0.113. The van der Waals surface area contributed by atoms with Crippen LogP contribution in [0.25, 0.3) is 0 Å². The molecular weight excluding hydrogens is 345 g/mol. The van der Waals surface area contributed by atoms with Crippen molar-refractivity contribution in [2.24, 2.45) is 0 Å². The van der Waals surface area contributed by atoms with Gasteiger partial charge in [-0.2, -0.15) is 4.98 Å². The maximum Gasteiger partial charge on any atom is 0.348 e. The summed E-state index contributed by atoms with van der Waals surface area (Å²) in [5.41, 5.74) is 1.88. The van der Waals surface area contributed by atoms with Crippen molar-refractivity contribution in [1.82, 2.24) is 9.55 Å². The van der Waals surface area contributed by atoms with Gasteiger partial charge in [0.2, 0.25) is 5.91 Å². The zero-order valence-electron chi connectivity index (χ0n) is 13.5. The van der Waals surface area contributed by atoms with E-state index >= 15 is 0 Å². The third-order valence-corrected chi connectivity index (χ3v) is 4.99. The molecule has 3 rings (SSSR count). The Kier molecular flexibility index (Phi) is 5.50. The molecule has 1 amide bonds. The first kappa shape index (κ1) is 17.6. The average Bonchev–Trinajstić information content (AvgIpc) is 3.05. The van der Waals surface area contributed by atoms with Gasteiger partial charge in [-0.3, -0.25) is 9.36 Å². The first-order valence-corrected chi connectivity index (χ1v) is 8.98. The van der Waals surface area contributed by atoms with Crippen molar-refractivity contribution >= 4 is 23.4 Å². The molecule has 2 N–H and O–H groups in total. The van der Waals surface area contributed by atoms with Gasteiger partial charge in [0.15, 0.2) is 0 Å². The molecule has 0 saturated carbocycles. The first-order valence-electron chi connectivity index (χ1n) is 8.00. The predicted octanol–water partition coefficient (Wildman–Crippen LogP) is 1.59. The molecule has 0 radical (unpaired) electrons. The summed E-state index contributed by atoms with van der Waals surface area (Å²) in [4.78, 5) is 28.3. The van der Waals surface area contributed by atoms with Crippen LogP contribution in [0.15, 0.2) is 34.1 Å². The topological polar surface area (TPSA) is 84.2 Å². The number of thioether (sulfide) groups is 1. The van der Waals surface area contributed by atoms with E-state index in [9.17, 15) is 14.0 Å². The van der Waals surface area contributed by atoms with Crippen LogP contribution in [0.3, 0.4) is 0 Å². The molecule has 0 saturated heterocycles. The molecule has 0 aliphatic heterocycles. The van der Waals surface area contributed by atoms with Gasteiger partial charge in [-0.15, -0.1) is 0 Å². The number of nitrogens with one attached hydrogen (secondary N) is 1. The van der Waals surface area contributed by atoms with Crippen molar-refractivity contribution in [3.8, 4) is 0 Å². The van der Waals surface area contributed by atoms with E-state index in [2.05, 4.69) is 10.3 Å². The van der Waals surface area contributed by atoms with Gasteiger partial charge in [0.25, 0.3) is 0 Å². The molecule has 1 aromatic heterocycles. The lowest BCUT2D eigenvalue weighted by Crippen LogP contribution is -2.28. The number of amides is 1. The Morgan fingerprint density at radius 3 is 3.00 bits per heavy atom. The van der Waals surface area contributed by atoms with Crippen LogP contribution in [0.2, 0.25) is 0 Å². The Labute approximate surface area is 148 Å². The molecule has 0 fully saturated rings. The van der Waals surface area contributed by atoms with Crippen molar-refractivity contribution < 1.29 is 14.3 Å². The summed E-state index contributed by atoms with van der Waals surface area (Å²) >= 11 is 1.21. The minimum absolute atomic E-state index is 0.0827. The molecule has 0 atom stereocenters. The smallest absolute Gasteiger partial charge is 0.348 e. The van der Waals surface area contributed by atoms with Gasteiger partial charge >= 0.3 is 5.69 Å². The fraction of sp³-hybridized carbons (Fsp3) is 0.353. The van der Waals surface area contributed by atoms with E-state index in [1.807, 2.05) is 0 Å². The SMILES string of the molecule is O=C(CSc1nc(=O)n(CCO)c2c1CCC2)Nc1cccc(F)c1.